The summed E-state index contributed by atoms with van der Waals surface area (Å²) in [5.74, 6) is -0.839. The molecule has 1 atom stereocenters. The minimum absolute atomic E-state index is 0.0456. The molecule has 0 spiro atoms. The van der Waals surface area contributed by atoms with Gasteiger partial charge in [0.1, 0.15) is 0 Å². The van der Waals surface area contributed by atoms with Gasteiger partial charge in [-0.1, -0.05) is 42.5 Å². The van der Waals surface area contributed by atoms with E-state index in [9.17, 15) is 9.18 Å². The molecule has 0 saturated heterocycles. The van der Waals surface area contributed by atoms with E-state index in [1.165, 1.54) is 23.5 Å². The Hall–Kier alpha value is -2.73. The quantitative estimate of drug-likeness (QED) is 0.750. The third-order valence-corrected chi connectivity index (χ3v) is 4.07. The van der Waals surface area contributed by atoms with Gasteiger partial charge in [0.05, 0.1) is 5.69 Å². The van der Waals surface area contributed by atoms with E-state index in [0.29, 0.717) is 5.13 Å². The number of para-hydroxylation sites is 1. The lowest BCUT2D eigenvalue weighted by atomic mass is 10.2. The number of nitrogens with one attached hydrogen (secondary N) is 1. The van der Waals surface area contributed by atoms with Crippen molar-refractivity contribution < 1.29 is 13.9 Å². The molecule has 1 heterocycles. The summed E-state index contributed by atoms with van der Waals surface area (Å²) in [6.07, 6.45) is -0.842. The highest BCUT2D eigenvalue weighted by atomic mass is 32.1. The van der Waals surface area contributed by atoms with Crippen LogP contribution in [0.3, 0.4) is 0 Å². The summed E-state index contributed by atoms with van der Waals surface area (Å²) in [7, 11) is 0. The fourth-order valence-electron chi connectivity index (χ4n) is 2.06. The van der Waals surface area contributed by atoms with E-state index in [1.54, 1.807) is 19.1 Å². The highest BCUT2D eigenvalue weighted by molar-refractivity contribution is 7.14. The molecular formula is C18H15FN2O2S. The van der Waals surface area contributed by atoms with Crippen molar-refractivity contribution in [1.29, 1.82) is 0 Å². The third kappa shape index (κ3) is 3.78. The Morgan fingerprint density at radius 1 is 1.17 bits per heavy atom. The number of thiazole rings is 1. The fourth-order valence-corrected chi connectivity index (χ4v) is 2.79. The lowest BCUT2D eigenvalue weighted by Crippen LogP contribution is -2.30. The molecule has 3 aromatic rings. The van der Waals surface area contributed by atoms with E-state index in [4.69, 9.17) is 4.74 Å². The number of nitrogens with zero attached hydrogens (tertiary/aromatic N) is 1. The first kappa shape index (κ1) is 16.1. The van der Waals surface area contributed by atoms with E-state index in [2.05, 4.69) is 10.3 Å². The molecule has 0 aliphatic rings. The first-order valence-electron chi connectivity index (χ1n) is 7.36. The normalized spacial score (nSPS) is 11.8. The van der Waals surface area contributed by atoms with Crippen LogP contribution in [0.2, 0.25) is 0 Å². The summed E-state index contributed by atoms with van der Waals surface area (Å²) in [5.41, 5.74) is 1.77. The molecule has 0 aliphatic carbocycles. The minimum atomic E-state index is -0.842. The number of amides is 1. The van der Waals surface area contributed by atoms with Gasteiger partial charge < -0.3 is 4.74 Å². The number of aromatic nitrogens is 1. The van der Waals surface area contributed by atoms with Gasteiger partial charge in [0.2, 0.25) is 0 Å². The van der Waals surface area contributed by atoms with Gasteiger partial charge in [-0.05, 0) is 19.1 Å². The van der Waals surface area contributed by atoms with Crippen molar-refractivity contribution in [1.82, 2.24) is 4.98 Å². The Balaban J connectivity index is 1.65. The Labute approximate surface area is 142 Å². The molecule has 1 aromatic heterocycles. The molecule has 0 aliphatic heterocycles. The molecule has 0 bridgehead atoms. The van der Waals surface area contributed by atoms with E-state index in [-0.39, 0.29) is 11.7 Å². The standard InChI is InChI=1S/C18H15FN2O2S/c1-12(23-16-10-6-5-9-14(16)19)17(22)21-18-20-15(11-24-18)13-7-3-2-4-8-13/h2-12H,1H3,(H,20,21,22)/t12-/m1/s1. The van der Waals surface area contributed by atoms with Crippen LogP contribution in [-0.2, 0) is 4.79 Å². The average Bonchev–Trinajstić information content (AvgIpc) is 3.06. The predicted molar refractivity (Wildman–Crippen MR) is 92.7 cm³/mol. The lowest BCUT2D eigenvalue weighted by molar-refractivity contribution is -0.122. The summed E-state index contributed by atoms with van der Waals surface area (Å²) in [6, 6.07) is 15.7. The highest BCUT2D eigenvalue weighted by Gasteiger charge is 2.18. The summed E-state index contributed by atoms with van der Waals surface area (Å²) in [5, 5.41) is 5.04. The van der Waals surface area contributed by atoms with Gasteiger partial charge in [-0.3, -0.25) is 10.1 Å². The van der Waals surface area contributed by atoms with Gasteiger partial charge in [-0.25, -0.2) is 9.37 Å². The number of carbonyl (C=O) groups excluding carboxylic acids is 1. The molecule has 24 heavy (non-hydrogen) atoms. The van der Waals surface area contributed by atoms with Crippen molar-refractivity contribution in [3.8, 4) is 17.0 Å². The fraction of sp³-hybridized carbons (Fsp3) is 0.111. The van der Waals surface area contributed by atoms with Crippen molar-refractivity contribution >= 4 is 22.4 Å². The lowest BCUT2D eigenvalue weighted by Gasteiger charge is -2.14. The second-order valence-electron chi connectivity index (χ2n) is 5.08. The number of carbonyl (C=O) groups is 1. The van der Waals surface area contributed by atoms with Crippen LogP contribution in [0.15, 0.2) is 60.0 Å². The number of anilines is 1. The van der Waals surface area contributed by atoms with Gasteiger partial charge in [-0.15, -0.1) is 11.3 Å². The Kier molecular flexibility index (Phi) is 4.86. The molecule has 6 heteroatoms. The predicted octanol–water partition coefficient (Wildman–Crippen LogP) is 4.36. The average molecular weight is 342 g/mol. The van der Waals surface area contributed by atoms with Crippen LogP contribution in [0.5, 0.6) is 5.75 Å². The van der Waals surface area contributed by atoms with Gasteiger partial charge in [0.25, 0.3) is 5.91 Å². The summed E-state index contributed by atoms with van der Waals surface area (Å²) in [4.78, 5) is 16.6. The number of hydrogen-bond donors (Lipinski definition) is 1. The maximum atomic E-state index is 13.6. The second-order valence-corrected chi connectivity index (χ2v) is 5.94. The molecule has 0 fully saturated rings. The number of halogens is 1. The van der Waals surface area contributed by atoms with Crippen LogP contribution in [0, 0.1) is 5.82 Å². The first-order chi connectivity index (χ1) is 11.6. The minimum Gasteiger partial charge on any atom is -0.478 e. The zero-order valence-electron chi connectivity index (χ0n) is 12.9. The smallest absolute Gasteiger partial charge is 0.266 e. The number of ether oxygens (including phenoxy) is 1. The monoisotopic (exact) mass is 342 g/mol. The van der Waals surface area contributed by atoms with E-state index < -0.39 is 11.9 Å². The van der Waals surface area contributed by atoms with Crippen LogP contribution >= 0.6 is 11.3 Å². The molecule has 3 rings (SSSR count). The molecule has 4 nitrogen and oxygen atoms in total. The number of benzene rings is 2. The maximum absolute atomic E-state index is 13.6. The molecular weight excluding hydrogens is 327 g/mol. The molecule has 0 radical (unpaired) electrons. The van der Waals surface area contributed by atoms with Crippen molar-refractivity contribution in [3.05, 3.63) is 65.8 Å². The SMILES string of the molecule is C[C@@H](Oc1ccccc1F)C(=O)Nc1nc(-c2ccccc2)cs1. The topological polar surface area (TPSA) is 51.2 Å². The molecule has 0 unspecified atom stereocenters. The van der Waals surface area contributed by atoms with Crippen LogP contribution in [0.4, 0.5) is 9.52 Å². The van der Waals surface area contributed by atoms with Gasteiger partial charge in [-0.2, -0.15) is 0 Å². The van der Waals surface area contributed by atoms with Crippen LogP contribution in [0.25, 0.3) is 11.3 Å². The molecule has 2 aromatic carbocycles. The molecule has 122 valence electrons. The van der Waals surface area contributed by atoms with Crippen LogP contribution in [-0.4, -0.2) is 17.0 Å². The van der Waals surface area contributed by atoms with Crippen LogP contribution in [0.1, 0.15) is 6.92 Å². The van der Waals surface area contributed by atoms with Crippen molar-refractivity contribution in [2.24, 2.45) is 0 Å². The van der Waals surface area contributed by atoms with Crippen molar-refractivity contribution in [2.45, 2.75) is 13.0 Å². The largest absolute Gasteiger partial charge is 0.478 e. The van der Waals surface area contributed by atoms with Crippen molar-refractivity contribution in [2.75, 3.05) is 5.32 Å². The number of rotatable bonds is 5. The van der Waals surface area contributed by atoms with Gasteiger partial charge in [0, 0.05) is 10.9 Å². The molecule has 0 saturated carbocycles. The summed E-state index contributed by atoms with van der Waals surface area (Å²) in [6.45, 7) is 1.56. The zero-order valence-corrected chi connectivity index (χ0v) is 13.7. The zero-order chi connectivity index (χ0) is 16.9. The Bertz CT molecular complexity index is 836. The summed E-state index contributed by atoms with van der Waals surface area (Å²) >= 11 is 1.33. The first-order valence-corrected chi connectivity index (χ1v) is 8.24. The highest BCUT2D eigenvalue weighted by Crippen LogP contribution is 2.25. The van der Waals surface area contributed by atoms with Gasteiger partial charge >= 0.3 is 0 Å². The number of hydrogen-bond acceptors (Lipinski definition) is 4. The Morgan fingerprint density at radius 3 is 2.62 bits per heavy atom. The van der Waals surface area contributed by atoms with E-state index in [0.717, 1.165) is 11.3 Å². The maximum Gasteiger partial charge on any atom is 0.266 e. The third-order valence-electron chi connectivity index (χ3n) is 3.31. The molecule has 1 amide bonds. The Morgan fingerprint density at radius 2 is 1.88 bits per heavy atom. The second kappa shape index (κ2) is 7.23. The van der Waals surface area contributed by atoms with E-state index in [1.807, 2.05) is 35.7 Å². The molecule has 1 N–H and O–H groups in total. The van der Waals surface area contributed by atoms with E-state index >= 15 is 0 Å². The van der Waals surface area contributed by atoms with Gasteiger partial charge in [0.15, 0.2) is 22.8 Å². The summed E-state index contributed by atoms with van der Waals surface area (Å²) < 4.78 is 18.9. The van der Waals surface area contributed by atoms with Crippen molar-refractivity contribution in [3.63, 3.8) is 0 Å². The van der Waals surface area contributed by atoms with Crippen LogP contribution < -0.4 is 10.1 Å².